The highest BCUT2D eigenvalue weighted by Gasteiger charge is 2.29. The molecule has 0 saturated carbocycles. The van der Waals surface area contributed by atoms with Gasteiger partial charge in [-0.15, -0.1) is 0 Å². The Kier molecular flexibility index (Phi) is 5.97. The minimum absolute atomic E-state index is 0.00875. The van der Waals surface area contributed by atoms with Crippen LogP contribution < -0.4 is 15.4 Å². The summed E-state index contributed by atoms with van der Waals surface area (Å²) in [4.78, 5) is 31.6. The number of benzene rings is 2. The molecule has 3 aromatic rings. The average Bonchev–Trinajstić information content (AvgIpc) is 3.02. The monoisotopic (exact) mass is 473 g/mol. The molecule has 0 bridgehead atoms. The van der Waals surface area contributed by atoms with Crippen molar-refractivity contribution in [1.82, 2.24) is 9.55 Å². The molecule has 0 unspecified atom stereocenters. The number of nitrogens with zero attached hydrogens (tertiary/aromatic N) is 3. The first-order valence-corrected chi connectivity index (χ1v) is 12.6. The number of primary sulfonamides is 1. The predicted octanol–water partition coefficient (Wildman–Crippen LogP) is 2.56. The third-order valence-corrected chi connectivity index (χ3v) is 7.15. The molecule has 1 aliphatic heterocycles. The van der Waals surface area contributed by atoms with Crippen LogP contribution in [0.15, 0.2) is 52.5 Å². The van der Waals surface area contributed by atoms with Crippen molar-refractivity contribution >= 4 is 56.0 Å². The number of fused-ring (bicyclic) bond motifs is 2. The molecule has 32 heavy (non-hydrogen) atoms. The molecule has 0 saturated heterocycles. The van der Waals surface area contributed by atoms with Crippen LogP contribution in [0.1, 0.15) is 20.3 Å². The Bertz CT molecular complexity index is 1320. The summed E-state index contributed by atoms with van der Waals surface area (Å²) in [6, 6.07) is 11.5. The van der Waals surface area contributed by atoms with Crippen LogP contribution in [0.25, 0.3) is 11.0 Å². The highest BCUT2D eigenvalue weighted by atomic mass is 32.2. The lowest BCUT2D eigenvalue weighted by molar-refractivity contribution is -0.117. The Balaban J connectivity index is 1.62. The number of sulfonamides is 1. The second-order valence-corrected chi connectivity index (χ2v) is 10.0. The molecule has 1 aliphatic rings. The van der Waals surface area contributed by atoms with Gasteiger partial charge in [-0.25, -0.2) is 18.5 Å². The number of aryl methyl sites for hydroxylation is 1. The van der Waals surface area contributed by atoms with Crippen LogP contribution >= 0.6 is 11.8 Å². The standard InChI is InChI=1S/C21H23N5O4S2/c1-3-25-17-9-8-14(32(22,29)30)11-16(17)24-21(25)31-12-20(28)26-13(2)10-19(27)23-15-6-4-5-7-18(15)26/h4-9,11,13H,3,10,12H2,1-2H3,(H,23,27)(H2,22,29,30)/t13-/m1/s1. The lowest BCUT2D eigenvalue weighted by Crippen LogP contribution is -2.40. The largest absolute Gasteiger partial charge is 0.324 e. The zero-order chi connectivity index (χ0) is 23.0. The third-order valence-electron chi connectivity index (χ3n) is 5.28. The fourth-order valence-corrected chi connectivity index (χ4v) is 5.32. The van der Waals surface area contributed by atoms with E-state index in [1.807, 2.05) is 36.6 Å². The molecule has 0 radical (unpaired) electrons. The fourth-order valence-electron chi connectivity index (χ4n) is 3.84. The van der Waals surface area contributed by atoms with Gasteiger partial charge in [0, 0.05) is 19.0 Å². The number of aromatic nitrogens is 2. The maximum absolute atomic E-state index is 13.2. The van der Waals surface area contributed by atoms with Gasteiger partial charge in [0.05, 0.1) is 33.1 Å². The summed E-state index contributed by atoms with van der Waals surface area (Å²) >= 11 is 1.27. The molecule has 0 fully saturated rings. The zero-order valence-electron chi connectivity index (χ0n) is 17.6. The van der Waals surface area contributed by atoms with Crippen molar-refractivity contribution in [1.29, 1.82) is 0 Å². The smallest absolute Gasteiger partial charge is 0.238 e. The van der Waals surface area contributed by atoms with E-state index in [-0.39, 0.29) is 34.9 Å². The molecule has 168 valence electrons. The van der Waals surface area contributed by atoms with Crippen molar-refractivity contribution in [3.05, 3.63) is 42.5 Å². The molecule has 1 atom stereocenters. The first kappa shape index (κ1) is 22.3. The molecule has 2 heterocycles. The highest BCUT2D eigenvalue weighted by molar-refractivity contribution is 7.99. The lowest BCUT2D eigenvalue weighted by atomic mass is 10.2. The maximum Gasteiger partial charge on any atom is 0.238 e. The Labute approximate surface area is 190 Å². The van der Waals surface area contributed by atoms with Gasteiger partial charge in [-0.2, -0.15) is 0 Å². The number of nitrogens with one attached hydrogen (secondary N) is 1. The summed E-state index contributed by atoms with van der Waals surface area (Å²) in [5.41, 5.74) is 2.53. The van der Waals surface area contributed by atoms with Crippen molar-refractivity contribution in [2.75, 3.05) is 16.0 Å². The molecule has 4 rings (SSSR count). The number of imidazole rings is 1. The Morgan fingerprint density at radius 3 is 2.75 bits per heavy atom. The van der Waals surface area contributed by atoms with Gasteiger partial charge >= 0.3 is 0 Å². The fraction of sp³-hybridized carbons (Fsp3) is 0.286. The van der Waals surface area contributed by atoms with Gasteiger partial charge in [-0.3, -0.25) is 9.59 Å². The molecule has 2 aromatic carbocycles. The molecular weight excluding hydrogens is 450 g/mol. The van der Waals surface area contributed by atoms with Gasteiger partial charge < -0.3 is 14.8 Å². The zero-order valence-corrected chi connectivity index (χ0v) is 19.2. The average molecular weight is 474 g/mol. The van der Waals surface area contributed by atoms with Gasteiger partial charge in [-0.1, -0.05) is 23.9 Å². The summed E-state index contributed by atoms with van der Waals surface area (Å²) in [5, 5.41) is 8.69. The van der Waals surface area contributed by atoms with E-state index >= 15 is 0 Å². The predicted molar refractivity (Wildman–Crippen MR) is 124 cm³/mol. The van der Waals surface area contributed by atoms with E-state index in [2.05, 4.69) is 10.3 Å². The normalized spacial score (nSPS) is 16.5. The van der Waals surface area contributed by atoms with Gasteiger partial charge in [0.25, 0.3) is 0 Å². The Hall–Kier alpha value is -2.89. The second kappa shape index (κ2) is 8.57. The minimum Gasteiger partial charge on any atom is -0.324 e. The van der Waals surface area contributed by atoms with Crippen LogP contribution in [-0.4, -0.2) is 41.6 Å². The van der Waals surface area contributed by atoms with Gasteiger partial charge in [0.1, 0.15) is 0 Å². The number of carbonyl (C=O) groups is 2. The van der Waals surface area contributed by atoms with E-state index in [4.69, 9.17) is 5.14 Å². The summed E-state index contributed by atoms with van der Waals surface area (Å²) in [6.45, 7) is 4.40. The van der Waals surface area contributed by atoms with E-state index in [0.717, 1.165) is 5.52 Å². The van der Waals surface area contributed by atoms with Gasteiger partial charge in [0.2, 0.25) is 21.8 Å². The van der Waals surface area contributed by atoms with Crippen molar-refractivity contribution < 1.29 is 18.0 Å². The van der Waals surface area contributed by atoms with Crippen LogP contribution in [0.4, 0.5) is 11.4 Å². The molecule has 0 spiro atoms. The maximum atomic E-state index is 13.2. The number of rotatable bonds is 5. The topological polar surface area (TPSA) is 127 Å². The number of hydrogen-bond donors (Lipinski definition) is 2. The van der Waals surface area contributed by atoms with Crippen LogP contribution in [0.3, 0.4) is 0 Å². The number of anilines is 2. The van der Waals surface area contributed by atoms with E-state index in [9.17, 15) is 18.0 Å². The van der Waals surface area contributed by atoms with Crippen molar-refractivity contribution in [3.8, 4) is 0 Å². The summed E-state index contributed by atoms with van der Waals surface area (Å²) in [7, 11) is -3.84. The Morgan fingerprint density at radius 1 is 1.28 bits per heavy atom. The highest BCUT2D eigenvalue weighted by Crippen LogP contribution is 2.33. The quantitative estimate of drug-likeness (QED) is 0.548. The minimum atomic E-state index is -3.84. The first-order valence-electron chi connectivity index (χ1n) is 10.1. The molecule has 1 aromatic heterocycles. The van der Waals surface area contributed by atoms with Crippen molar-refractivity contribution in [2.24, 2.45) is 5.14 Å². The van der Waals surface area contributed by atoms with Crippen molar-refractivity contribution in [2.45, 2.75) is 42.9 Å². The lowest BCUT2D eigenvalue weighted by Gasteiger charge is -2.27. The van der Waals surface area contributed by atoms with Crippen molar-refractivity contribution in [3.63, 3.8) is 0 Å². The third kappa shape index (κ3) is 4.23. The molecule has 0 aliphatic carbocycles. The summed E-state index contributed by atoms with van der Waals surface area (Å²) in [6.07, 6.45) is 0.203. The summed E-state index contributed by atoms with van der Waals surface area (Å²) < 4.78 is 25.3. The van der Waals surface area contributed by atoms with E-state index in [0.29, 0.717) is 28.6 Å². The number of thioether (sulfide) groups is 1. The van der Waals surface area contributed by atoms with Crippen LogP contribution in [-0.2, 0) is 26.2 Å². The summed E-state index contributed by atoms with van der Waals surface area (Å²) in [5.74, 6) is -0.171. The second-order valence-electron chi connectivity index (χ2n) is 7.51. The number of hydrogen-bond acceptors (Lipinski definition) is 6. The molecule has 11 heteroatoms. The van der Waals surface area contributed by atoms with Gasteiger partial charge in [0.15, 0.2) is 5.16 Å². The van der Waals surface area contributed by atoms with E-state index in [1.54, 1.807) is 17.0 Å². The molecule has 3 N–H and O–H groups in total. The SMILES string of the molecule is CCn1c(SCC(=O)N2c3ccccc3NC(=O)C[C@H]2C)nc2cc(S(N)(=O)=O)ccc21. The van der Waals surface area contributed by atoms with Crippen LogP contribution in [0.2, 0.25) is 0 Å². The molecule has 2 amide bonds. The van der Waals surface area contributed by atoms with Crippen LogP contribution in [0, 0.1) is 0 Å². The number of amides is 2. The molecule has 9 nitrogen and oxygen atoms in total. The number of carbonyl (C=O) groups excluding carboxylic acids is 2. The van der Waals surface area contributed by atoms with Gasteiger partial charge in [-0.05, 0) is 44.2 Å². The number of para-hydroxylation sites is 2. The van der Waals surface area contributed by atoms with E-state index in [1.165, 1.54) is 23.9 Å². The Morgan fingerprint density at radius 2 is 2.03 bits per heavy atom. The van der Waals surface area contributed by atoms with Crippen LogP contribution in [0.5, 0.6) is 0 Å². The van der Waals surface area contributed by atoms with E-state index < -0.39 is 10.0 Å². The number of nitrogens with two attached hydrogens (primary N) is 1. The first-order chi connectivity index (χ1) is 15.2. The molecular formula is C21H23N5O4S2.